The maximum Gasteiger partial charge on any atom is 0.218 e. The van der Waals surface area contributed by atoms with Gasteiger partial charge in [-0.3, -0.25) is 0 Å². The van der Waals surface area contributed by atoms with Crippen LogP contribution in [0, 0.1) is 5.92 Å². The summed E-state index contributed by atoms with van der Waals surface area (Å²) in [4.78, 5) is 10.3. The smallest absolute Gasteiger partial charge is 0.218 e. The Hall–Kier alpha value is -1.11. The van der Waals surface area contributed by atoms with Crippen LogP contribution in [0.1, 0.15) is 0 Å². The minimum atomic E-state index is -1.63. The molecular formula is C7H10O6. The first kappa shape index (κ1) is 9.97. The Bertz CT molecular complexity index is 235. The number of aliphatic hydroxyl groups is 4. The molecule has 0 aromatic carbocycles. The molecule has 0 spiro atoms. The molecule has 0 saturated heterocycles. The fourth-order valence-corrected chi connectivity index (χ4v) is 1.05. The molecule has 0 amide bonds. The molecule has 0 fully saturated rings. The van der Waals surface area contributed by atoms with E-state index < -0.39 is 36.4 Å². The number of rotatable bonds is 3. The Morgan fingerprint density at radius 3 is 2.38 bits per heavy atom. The van der Waals surface area contributed by atoms with E-state index in [0.717, 1.165) is 0 Å². The topological polar surface area (TPSA) is 107 Å². The van der Waals surface area contributed by atoms with Gasteiger partial charge in [-0.15, -0.1) is 0 Å². The van der Waals surface area contributed by atoms with Gasteiger partial charge in [0.15, 0.2) is 11.5 Å². The summed E-state index contributed by atoms with van der Waals surface area (Å²) in [5.74, 6) is -2.32. The molecule has 4 N–H and O–H groups in total. The highest BCUT2D eigenvalue weighted by Gasteiger charge is 2.38. The highest BCUT2D eigenvalue weighted by Crippen LogP contribution is 2.26. The van der Waals surface area contributed by atoms with Gasteiger partial charge in [0.05, 0.1) is 12.5 Å². The largest absolute Gasteiger partial charge is 0.506 e. The number of hydrogen-bond acceptors (Lipinski definition) is 6. The van der Waals surface area contributed by atoms with E-state index in [4.69, 9.17) is 20.4 Å². The van der Waals surface area contributed by atoms with E-state index in [1.807, 2.05) is 0 Å². The van der Waals surface area contributed by atoms with Gasteiger partial charge in [-0.05, 0) is 0 Å². The molecule has 1 heterocycles. The van der Waals surface area contributed by atoms with Crippen LogP contribution in [0.2, 0.25) is 0 Å². The molecule has 0 saturated carbocycles. The minimum absolute atomic E-state index is 0.381. The summed E-state index contributed by atoms with van der Waals surface area (Å²) in [6, 6.07) is 0. The lowest BCUT2D eigenvalue weighted by Gasteiger charge is -2.15. The van der Waals surface area contributed by atoms with E-state index in [2.05, 4.69) is 4.74 Å². The van der Waals surface area contributed by atoms with E-state index in [0.29, 0.717) is 6.29 Å². The van der Waals surface area contributed by atoms with Crippen LogP contribution in [0.4, 0.5) is 0 Å². The summed E-state index contributed by atoms with van der Waals surface area (Å²) < 4.78 is 4.62. The van der Waals surface area contributed by atoms with Crippen LogP contribution in [0.25, 0.3) is 0 Å². The van der Waals surface area contributed by atoms with Crippen molar-refractivity contribution in [2.24, 2.45) is 5.92 Å². The van der Waals surface area contributed by atoms with Crippen LogP contribution in [0.3, 0.4) is 0 Å². The number of carbonyl (C=O) groups is 1. The molecule has 0 radical (unpaired) electrons. The van der Waals surface area contributed by atoms with Crippen molar-refractivity contribution in [2.75, 3.05) is 6.61 Å². The van der Waals surface area contributed by atoms with E-state index >= 15 is 0 Å². The van der Waals surface area contributed by atoms with Gasteiger partial charge in [0.2, 0.25) is 6.29 Å². The first-order valence-electron chi connectivity index (χ1n) is 3.63. The van der Waals surface area contributed by atoms with Gasteiger partial charge in [0.25, 0.3) is 0 Å². The Kier molecular flexibility index (Phi) is 2.86. The van der Waals surface area contributed by atoms with E-state index in [-0.39, 0.29) is 0 Å². The molecule has 0 aromatic rings. The molecule has 13 heavy (non-hydrogen) atoms. The molecule has 1 aliphatic heterocycles. The highest BCUT2D eigenvalue weighted by molar-refractivity contribution is 5.56. The fourth-order valence-electron chi connectivity index (χ4n) is 1.05. The fraction of sp³-hybridized carbons (Fsp3) is 0.571. The van der Waals surface area contributed by atoms with Crippen molar-refractivity contribution >= 4 is 6.29 Å². The maximum absolute atomic E-state index is 10.3. The molecule has 2 unspecified atom stereocenters. The minimum Gasteiger partial charge on any atom is -0.506 e. The third-order valence-corrected chi connectivity index (χ3v) is 1.82. The van der Waals surface area contributed by atoms with Gasteiger partial charge in [-0.25, -0.2) is 0 Å². The van der Waals surface area contributed by atoms with Crippen molar-refractivity contribution in [3.05, 3.63) is 11.5 Å². The van der Waals surface area contributed by atoms with E-state index in [1.54, 1.807) is 0 Å². The molecular weight excluding hydrogens is 180 g/mol. The van der Waals surface area contributed by atoms with Crippen molar-refractivity contribution < 1.29 is 30.0 Å². The molecule has 1 rings (SSSR count). The van der Waals surface area contributed by atoms with Gasteiger partial charge >= 0.3 is 0 Å². The lowest BCUT2D eigenvalue weighted by atomic mass is 10.0. The second-order valence-electron chi connectivity index (χ2n) is 2.66. The second-order valence-corrected chi connectivity index (χ2v) is 2.66. The first-order valence-corrected chi connectivity index (χ1v) is 3.63. The molecule has 6 heteroatoms. The number of ether oxygens (including phenoxy) is 1. The summed E-state index contributed by atoms with van der Waals surface area (Å²) in [7, 11) is 0. The van der Waals surface area contributed by atoms with Crippen molar-refractivity contribution in [3.8, 4) is 0 Å². The molecule has 0 aromatic heterocycles. The monoisotopic (exact) mass is 190 g/mol. The summed E-state index contributed by atoms with van der Waals surface area (Å²) in [5.41, 5.74) is 0. The second kappa shape index (κ2) is 3.73. The van der Waals surface area contributed by atoms with Gasteiger partial charge in [0.1, 0.15) is 12.4 Å². The zero-order chi connectivity index (χ0) is 10.0. The van der Waals surface area contributed by atoms with Gasteiger partial charge in [0, 0.05) is 0 Å². The van der Waals surface area contributed by atoms with Gasteiger partial charge in [-0.2, -0.15) is 0 Å². The highest BCUT2D eigenvalue weighted by atomic mass is 16.6. The lowest BCUT2D eigenvalue weighted by molar-refractivity contribution is -0.132. The zero-order valence-corrected chi connectivity index (χ0v) is 6.62. The summed E-state index contributed by atoms with van der Waals surface area (Å²) >= 11 is 0. The van der Waals surface area contributed by atoms with Crippen LogP contribution in [-0.4, -0.2) is 45.7 Å². The average molecular weight is 190 g/mol. The Morgan fingerprint density at radius 1 is 1.46 bits per heavy atom. The van der Waals surface area contributed by atoms with Crippen LogP contribution < -0.4 is 0 Å². The summed E-state index contributed by atoms with van der Waals surface area (Å²) in [6.07, 6.45) is -2.41. The SMILES string of the molecule is O=CC(CO)C1O[C@@H](O)C(O)=C1O. The Balaban J connectivity index is 2.80. The molecule has 6 nitrogen and oxygen atoms in total. The normalized spacial score (nSPS) is 30.6. The standard InChI is InChI=1S/C7H10O6/c8-1-3(2-9)6-4(10)5(11)7(12)13-6/h1,3,6-7,9-12H,2H2/t3?,6?,7-/m1/s1. The molecule has 1 aliphatic rings. The third kappa shape index (κ3) is 1.64. The van der Waals surface area contributed by atoms with Crippen molar-refractivity contribution in [3.63, 3.8) is 0 Å². The average Bonchev–Trinajstić information content (AvgIpc) is 2.36. The maximum atomic E-state index is 10.3. The van der Waals surface area contributed by atoms with Crippen molar-refractivity contribution in [2.45, 2.75) is 12.4 Å². The third-order valence-electron chi connectivity index (χ3n) is 1.82. The Morgan fingerprint density at radius 2 is 2.08 bits per heavy atom. The molecule has 0 bridgehead atoms. The van der Waals surface area contributed by atoms with Gasteiger partial charge < -0.3 is 30.0 Å². The first-order chi connectivity index (χ1) is 6.11. The number of hydrogen-bond donors (Lipinski definition) is 4. The van der Waals surface area contributed by atoms with Crippen molar-refractivity contribution in [1.29, 1.82) is 0 Å². The number of aldehydes is 1. The van der Waals surface area contributed by atoms with Crippen molar-refractivity contribution in [1.82, 2.24) is 0 Å². The predicted molar refractivity (Wildman–Crippen MR) is 39.8 cm³/mol. The lowest BCUT2D eigenvalue weighted by Crippen LogP contribution is -2.28. The van der Waals surface area contributed by atoms with Crippen LogP contribution in [0.5, 0.6) is 0 Å². The van der Waals surface area contributed by atoms with Gasteiger partial charge in [-0.1, -0.05) is 0 Å². The quantitative estimate of drug-likeness (QED) is 0.418. The molecule has 74 valence electrons. The van der Waals surface area contributed by atoms with Crippen LogP contribution >= 0.6 is 0 Å². The van der Waals surface area contributed by atoms with E-state index in [9.17, 15) is 4.79 Å². The Labute approximate surface area is 73.7 Å². The molecule has 0 aliphatic carbocycles. The van der Waals surface area contributed by atoms with E-state index in [1.165, 1.54) is 0 Å². The summed E-state index contributed by atoms with van der Waals surface area (Å²) in [5, 5.41) is 35.6. The molecule has 3 atom stereocenters. The zero-order valence-electron chi connectivity index (χ0n) is 6.62. The van der Waals surface area contributed by atoms with Crippen LogP contribution in [-0.2, 0) is 9.53 Å². The predicted octanol–water partition coefficient (Wildman–Crippen LogP) is -1.16. The number of carbonyl (C=O) groups excluding carboxylic acids is 1. The summed E-state index contributed by atoms with van der Waals surface area (Å²) in [6.45, 7) is -0.530. The number of aliphatic hydroxyl groups excluding tert-OH is 4. The van der Waals surface area contributed by atoms with Crippen LogP contribution in [0.15, 0.2) is 11.5 Å².